The molecule has 1 fully saturated rings. The number of hydrogen-bond acceptors (Lipinski definition) is 6. The van der Waals surface area contributed by atoms with Crippen molar-refractivity contribution in [2.75, 3.05) is 10.2 Å². The van der Waals surface area contributed by atoms with E-state index >= 15 is 0 Å². The van der Waals surface area contributed by atoms with Crippen molar-refractivity contribution in [1.82, 2.24) is 0 Å². The van der Waals surface area contributed by atoms with E-state index in [9.17, 15) is 29.4 Å². The standard InChI is InChI=1S/C25H17FN4O4S/c26-17-9-11-19(12-10-17)29-24(32)22(14-16-5-4-8-20(13-16)30(33)34)35-25(29)21(15-27)23(31)28-18-6-2-1-3-7-18/h1-13,22H,14H2,(H,28,31)/b25-21-/t22-/m0/s1. The number of rotatable bonds is 6. The number of hydrogen-bond donors (Lipinski definition) is 1. The molecule has 2 amide bonds. The lowest BCUT2D eigenvalue weighted by Gasteiger charge is -2.18. The van der Waals surface area contributed by atoms with Gasteiger partial charge in [0.05, 0.1) is 10.2 Å². The summed E-state index contributed by atoms with van der Waals surface area (Å²) in [6, 6.07) is 21.5. The Balaban J connectivity index is 1.72. The number of thioether (sulfide) groups is 1. The number of amides is 2. The predicted molar refractivity (Wildman–Crippen MR) is 130 cm³/mol. The lowest BCUT2D eigenvalue weighted by Crippen LogP contribution is -2.31. The minimum atomic E-state index is -0.759. The minimum absolute atomic E-state index is 0.105. The number of non-ortho nitro benzene ring substituents is 1. The van der Waals surface area contributed by atoms with Gasteiger partial charge in [-0.3, -0.25) is 24.6 Å². The molecule has 174 valence electrons. The number of anilines is 2. The van der Waals surface area contributed by atoms with Gasteiger partial charge in [-0.1, -0.05) is 42.1 Å². The van der Waals surface area contributed by atoms with Crippen LogP contribution < -0.4 is 10.2 Å². The monoisotopic (exact) mass is 488 g/mol. The van der Waals surface area contributed by atoms with Gasteiger partial charge >= 0.3 is 0 Å². The number of carbonyl (C=O) groups excluding carboxylic acids is 2. The zero-order valence-corrected chi connectivity index (χ0v) is 18.9. The summed E-state index contributed by atoms with van der Waals surface area (Å²) in [5, 5.41) is 23.0. The van der Waals surface area contributed by atoms with Crippen molar-refractivity contribution in [3.63, 3.8) is 0 Å². The number of carbonyl (C=O) groups is 2. The Morgan fingerprint density at radius 2 is 1.83 bits per heavy atom. The summed E-state index contributed by atoms with van der Waals surface area (Å²) in [5.74, 6) is -1.63. The Morgan fingerprint density at radius 3 is 2.49 bits per heavy atom. The van der Waals surface area contributed by atoms with Crippen LogP contribution in [0.25, 0.3) is 0 Å². The maximum absolute atomic E-state index is 13.5. The van der Waals surface area contributed by atoms with Crippen molar-refractivity contribution in [3.05, 3.63) is 111 Å². The van der Waals surface area contributed by atoms with Gasteiger partial charge in [0.1, 0.15) is 22.5 Å². The molecule has 1 aliphatic heterocycles. The van der Waals surface area contributed by atoms with Gasteiger partial charge in [-0.15, -0.1) is 0 Å². The topological polar surface area (TPSA) is 116 Å². The van der Waals surface area contributed by atoms with E-state index in [1.165, 1.54) is 47.4 Å². The fraction of sp³-hybridized carbons (Fsp3) is 0.0800. The van der Waals surface area contributed by atoms with Crippen LogP contribution in [0.3, 0.4) is 0 Å². The van der Waals surface area contributed by atoms with Crippen LogP contribution in [0.15, 0.2) is 89.5 Å². The van der Waals surface area contributed by atoms with Gasteiger partial charge in [0.25, 0.3) is 11.6 Å². The van der Waals surface area contributed by atoms with E-state index in [1.54, 1.807) is 36.4 Å². The summed E-state index contributed by atoms with van der Waals surface area (Å²) in [6.07, 6.45) is 0.130. The number of nitrogens with zero attached hydrogens (tertiary/aromatic N) is 3. The number of nitrogens with one attached hydrogen (secondary N) is 1. The van der Waals surface area contributed by atoms with Gasteiger partial charge < -0.3 is 5.32 Å². The van der Waals surface area contributed by atoms with Gasteiger partial charge in [0, 0.05) is 23.5 Å². The zero-order chi connectivity index (χ0) is 24.9. The number of benzene rings is 3. The maximum Gasteiger partial charge on any atom is 0.269 e. The molecule has 8 nitrogen and oxygen atoms in total. The molecule has 1 aliphatic rings. The average molecular weight is 489 g/mol. The van der Waals surface area contributed by atoms with E-state index in [1.807, 2.05) is 6.07 Å². The highest BCUT2D eigenvalue weighted by atomic mass is 32.2. The SMILES string of the molecule is N#C/C(C(=O)Nc1ccccc1)=C1/S[C@@H](Cc2cccc([N+](=O)[O-])c2)C(=O)N1c1ccc(F)cc1. The second kappa shape index (κ2) is 10.2. The van der Waals surface area contributed by atoms with E-state index < -0.39 is 27.8 Å². The second-order valence-corrected chi connectivity index (χ2v) is 8.69. The molecule has 1 heterocycles. The van der Waals surface area contributed by atoms with Crippen molar-refractivity contribution in [3.8, 4) is 6.07 Å². The van der Waals surface area contributed by atoms with Crippen molar-refractivity contribution in [2.45, 2.75) is 11.7 Å². The summed E-state index contributed by atoms with van der Waals surface area (Å²) >= 11 is 1.02. The van der Waals surface area contributed by atoms with Crippen LogP contribution in [-0.4, -0.2) is 22.0 Å². The average Bonchev–Trinajstić information content (AvgIpc) is 3.16. The molecule has 0 radical (unpaired) electrons. The largest absolute Gasteiger partial charge is 0.321 e. The molecular weight excluding hydrogens is 471 g/mol. The first kappa shape index (κ1) is 23.7. The van der Waals surface area contributed by atoms with Crippen LogP contribution in [0.5, 0.6) is 0 Å². The second-order valence-electron chi connectivity index (χ2n) is 7.50. The third kappa shape index (κ3) is 5.20. The highest BCUT2D eigenvalue weighted by molar-refractivity contribution is 8.05. The van der Waals surface area contributed by atoms with E-state index in [0.717, 1.165) is 11.8 Å². The quantitative estimate of drug-likeness (QED) is 0.231. The van der Waals surface area contributed by atoms with Crippen molar-refractivity contribution >= 4 is 40.6 Å². The fourth-order valence-electron chi connectivity index (χ4n) is 3.54. The molecule has 0 aliphatic carbocycles. The molecule has 3 aromatic rings. The van der Waals surface area contributed by atoms with Crippen LogP contribution in [0.4, 0.5) is 21.5 Å². The summed E-state index contributed by atoms with van der Waals surface area (Å²) < 4.78 is 13.5. The van der Waals surface area contributed by atoms with Gasteiger partial charge in [0.2, 0.25) is 5.91 Å². The molecule has 3 aromatic carbocycles. The highest BCUT2D eigenvalue weighted by Gasteiger charge is 2.41. The molecular formula is C25H17FN4O4S. The Hall–Kier alpha value is -4.49. The summed E-state index contributed by atoms with van der Waals surface area (Å²) in [5.41, 5.74) is 0.932. The molecule has 1 N–H and O–H groups in total. The molecule has 0 saturated carbocycles. The number of nitro groups is 1. The molecule has 0 unspecified atom stereocenters. The van der Waals surface area contributed by atoms with Gasteiger partial charge in [-0.05, 0) is 48.4 Å². The Bertz CT molecular complexity index is 1370. The van der Waals surface area contributed by atoms with Crippen molar-refractivity contribution in [1.29, 1.82) is 5.26 Å². The lowest BCUT2D eigenvalue weighted by molar-refractivity contribution is -0.384. The molecule has 0 bridgehead atoms. The van der Waals surface area contributed by atoms with Crippen LogP contribution in [0.1, 0.15) is 5.56 Å². The number of nitro benzene ring substituents is 1. The first-order valence-corrected chi connectivity index (χ1v) is 11.3. The highest BCUT2D eigenvalue weighted by Crippen LogP contribution is 2.42. The number of para-hydroxylation sites is 1. The first-order valence-electron chi connectivity index (χ1n) is 10.4. The molecule has 0 aromatic heterocycles. The van der Waals surface area contributed by atoms with E-state index in [2.05, 4.69) is 5.32 Å². The zero-order valence-electron chi connectivity index (χ0n) is 18.1. The van der Waals surface area contributed by atoms with Crippen LogP contribution in [0.2, 0.25) is 0 Å². The van der Waals surface area contributed by atoms with Gasteiger partial charge in [-0.25, -0.2) is 4.39 Å². The molecule has 0 spiro atoms. The summed E-state index contributed by atoms with van der Waals surface area (Å²) in [7, 11) is 0. The molecule has 4 rings (SSSR count). The Morgan fingerprint density at radius 1 is 1.11 bits per heavy atom. The van der Waals surface area contributed by atoms with Crippen LogP contribution >= 0.6 is 11.8 Å². The van der Waals surface area contributed by atoms with Gasteiger partial charge in [-0.2, -0.15) is 5.26 Å². The fourth-order valence-corrected chi connectivity index (χ4v) is 4.85. The van der Waals surface area contributed by atoms with Crippen molar-refractivity contribution < 1.29 is 18.9 Å². The van der Waals surface area contributed by atoms with Crippen LogP contribution in [0, 0.1) is 27.3 Å². The molecule has 1 atom stereocenters. The van der Waals surface area contributed by atoms with Gasteiger partial charge in [0.15, 0.2) is 0 Å². The van der Waals surface area contributed by atoms with Crippen molar-refractivity contribution in [2.24, 2.45) is 0 Å². The lowest BCUT2D eigenvalue weighted by atomic mass is 10.1. The summed E-state index contributed by atoms with van der Waals surface area (Å²) in [4.78, 5) is 38.2. The third-order valence-electron chi connectivity index (χ3n) is 5.16. The Labute approximate surface area is 203 Å². The number of halogens is 1. The smallest absolute Gasteiger partial charge is 0.269 e. The Kier molecular flexibility index (Phi) is 6.89. The van der Waals surface area contributed by atoms with E-state index in [0.29, 0.717) is 16.9 Å². The number of nitriles is 1. The molecule has 1 saturated heterocycles. The molecule has 10 heteroatoms. The van der Waals surface area contributed by atoms with E-state index in [-0.39, 0.29) is 22.7 Å². The third-order valence-corrected chi connectivity index (χ3v) is 6.43. The maximum atomic E-state index is 13.5. The normalized spacial score (nSPS) is 16.5. The van der Waals surface area contributed by atoms with E-state index in [4.69, 9.17) is 0 Å². The molecule has 35 heavy (non-hydrogen) atoms. The first-order chi connectivity index (χ1) is 16.9. The summed E-state index contributed by atoms with van der Waals surface area (Å²) in [6.45, 7) is 0. The predicted octanol–water partition coefficient (Wildman–Crippen LogP) is 4.80. The van der Waals surface area contributed by atoms with Crippen LogP contribution in [-0.2, 0) is 16.0 Å². The minimum Gasteiger partial charge on any atom is -0.321 e.